The molecule has 1 saturated heterocycles. The van der Waals surface area contributed by atoms with E-state index >= 15 is 0 Å². The zero-order valence-corrected chi connectivity index (χ0v) is 24.0. The first-order valence-electron chi connectivity index (χ1n) is 12.8. The van der Waals surface area contributed by atoms with E-state index in [2.05, 4.69) is 4.98 Å². The Balaban J connectivity index is 1.51. The molecule has 4 aromatic rings. The van der Waals surface area contributed by atoms with Crippen LogP contribution in [-0.2, 0) is 18.9 Å². The average molecular weight is 681 g/mol. The van der Waals surface area contributed by atoms with Gasteiger partial charge in [-0.3, -0.25) is 4.57 Å². The lowest BCUT2D eigenvalue weighted by molar-refractivity contribution is -0.0640. The lowest BCUT2D eigenvalue weighted by Crippen LogP contribution is -2.42. The predicted molar refractivity (Wildman–Crippen MR) is 158 cm³/mol. The Bertz CT molecular complexity index is 1630. The molecule has 1 aromatic heterocycles. The smallest absolute Gasteiger partial charge is 0.351 e. The number of benzene rings is 3. The number of anilines is 1. The molecule has 0 amide bonds. The van der Waals surface area contributed by atoms with E-state index in [1.54, 1.807) is 91.0 Å². The number of carbonyl (C=O) groups is 3. The van der Waals surface area contributed by atoms with Crippen molar-refractivity contribution in [3.05, 3.63) is 128 Å². The molecule has 11 nitrogen and oxygen atoms in total. The molecule has 1 aliphatic heterocycles. The van der Waals surface area contributed by atoms with Gasteiger partial charge in [-0.15, -0.1) is 0 Å². The van der Waals surface area contributed by atoms with Gasteiger partial charge < -0.3 is 24.7 Å². The second kappa shape index (κ2) is 13.0. The molecule has 2 unspecified atom stereocenters. The molecule has 5 rings (SSSR count). The van der Waals surface area contributed by atoms with E-state index in [4.69, 9.17) is 24.7 Å². The molecule has 3 aromatic carbocycles. The molecule has 1 fully saturated rings. The summed E-state index contributed by atoms with van der Waals surface area (Å²) in [6, 6.07) is 24.6. The molecule has 42 heavy (non-hydrogen) atoms. The van der Waals surface area contributed by atoms with Crippen LogP contribution in [0, 0.1) is 3.57 Å². The van der Waals surface area contributed by atoms with Crippen LogP contribution in [0.1, 0.15) is 37.3 Å². The van der Waals surface area contributed by atoms with Gasteiger partial charge in [-0.1, -0.05) is 54.6 Å². The number of esters is 3. The minimum Gasteiger partial charge on any atom is -0.459 e. The number of rotatable bonds is 8. The zero-order valence-electron chi connectivity index (χ0n) is 21.9. The van der Waals surface area contributed by atoms with Crippen LogP contribution in [0.3, 0.4) is 0 Å². The van der Waals surface area contributed by atoms with Crippen molar-refractivity contribution in [1.82, 2.24) is 9.55 Å². The monoisotopic (exact) mass is 681 g/mol. The Hall–Kier alpha value is -4.56. The fourth-order valence-corrected chi connectivity index (χ4v) is 4.74. The number of carbonyl (C=O) groups excluding carboxylic acids is 3. The summed E-state index contributed by atoms with van der Waals surface area (Å²) in [5.41, 5.74) is 5.78. The summed E-state index contributed by atoms with van der Waals surface area (Å²) in [6.07, 6.45) is -3.68. The second-order valence-corrected chi connectivity index (χ2v) is 10.3. The van der Waals surface area contributed by atoms with Gasteiger partial charge in [0.2, 0.25) is 0 Å². The van der Waals surface area contributed by atoms with Crippen molar-refractivity contribution in [3.8, 4) is 0 Å². The Labute approximate surface area is 253 Å². The fourth-order valence-electron chi connectivity index (χ4n) is 4.32. The number of hydrogen-bond acceptors (Lipinski definition) is 10. The standard InChI is InChI=1S/C30H24IN3O8/c31-21-16-34(30(38)33-25(21)32)26-24(42-29(37)20-14-8-3-9-15-20)23(41-28(36)19-12-6-2-7-13-19)22(40-26)17-39-27(35)18-10-4-1-5-11-18/h1-16,22-24,26H,17H2,(H2,32,33,38)/t22-,23?,24?,26-/m1/s1. The van der Waals surface area contributed by atoms with Gasteiger partial charge in [-0.2, -0.15) is 4.98 Å². The summed E-state index contributed by atoms with van der Waals surface area (Å²) in [7, 11) is 0. The normalized spacial score (nSPS) is 19.5. The zero-order chi connectivity index (χ0) is 29.6. The van der Waals surface area contributed by atoms with E-state index in [9.17, 15) is 19.2 Å². The summed E-state index contributed by atoms with van der Waals surface area (Å²) < 4.78 is 24.9. The molecule has 2 N–H and O–H groups in total. The van der Waals surface area contributed by atoms with Crippen LogP contribution in [0.2, 0.25) is 0 Å². The molecule has 0 radical (unpaired) electrons. The Morgan fingerprint density at radius 1 is 0.786 bits per heavy atom. The van der Waals surface area contributed by atoms with E-state index in [1.807, 2.05) is 22.6 Å². The molecular formula is C30H24IN3O8. The first kappa shape index (κ1) is 29.0. The quantitative estimate of drug-likeness (QED) is 0.166. The number of aromatic nitrogens is 2. The average Bonchev–Trinajstić information content (AvgIpc) is 3.34. The maximum Gasteiger partial charge on any atom is 0.351 e. The summed E-state index contributed by atoms with van der Waals surface area (Å²) in [6.45, 7) is -0.384. The second-order valence-electron chi connectivity index (χ2n) is 9.17. The minimum absolute atomic E-state index is 0.00748. The van der Waals surface area contributed by atoms with Crippen molar-refractivity contribution < 1.29 is 33.3 Å². The molecule has 0 saturated carbocycles. The van der Waals surface area contributed by atoms with E-state index in [0.717, 1.165) is 4.57 Å². The van der Waals surface area contributed by atoms with Gasteiger partial charge in [0.15, 0.2) is 18.4 Å². The predicted octanol–water partition coefficient (Wildman–Crippen LogP) is 3.64. The van der Waals surface area contributed by atoms with Crippen LogP contribution in [0.4, 0.5) is 5.82 Å². The third-order valence-corrected chi connectivity index (χ3v) is 7.22. The van der Waals surface area contributed by atoms with E-state index in [0.29, 0.717) is 9.13 Å². The molecule has 4 atom stereocenters. The Morgan fingerprint density at radius 3 is 1.79 bits per heavy atom. The summed E-state index contributed by atoms with van der Waals surface area (Å²) in [5, 5.41) is 0. The number of ether oxygens (including phenoxy) is 4. The highest BCUT2D eigenvalue weighted by Gasteiger charge is 2.51. The van der Waals surface area contributed by atoms with Gasteiger partial charge in [-0.05, 0) is 59.0 Å². The van der Waals surface area contributed by atoms with Crippen LogP contribution in [0.25, 0.3) is 0 Å². The molecule has 0 spiro atoms. The van der Waals surface area contributed by atoms with Crippen LogP contribution >= 0.6 is 22.6 Å². The third kappa shape index (κ3) is 6.50. The Kier molecular flexibility index (Phi) is 8.93. The highest BCUT2D eigenvalue weighted by molar-refractivity contribution is 14.1. The van der Waals surface area contributed by atoms with E-state index < -0.39 is 48.1 Å². The van der Waals surface area contributed by atoms with Gasteiger partial charge >= 0.3 is 23.6 Å². The number of halogens is 1. The van der Waals surface area contributed by atoms with Crippen molar-refractivity contribution >= 4 is 46.3 Å². The SMILES string of the molecule is Nc1nc(=O)n([C@@H]2O[C@H](COC(=O)c3ccccc3)C(OC(=O)c3ccccc3)C2OC(=O)c2ccccc2)cc1I. The first-order valence-corrected chi connectivity index (χ1v) is 13.8. The van der Waals surface area contributed by atoms with Crippen molar-refractivity contribution in [3.63, 3.8) is 0 Å². The highest BCUT2D eigenvalue weighted by Crippen LogP contribution is 2.35. The molecular weight excluding hydrogens is 657 g/mol. The van der Waals surface area contributed by atoms with Crippen molar-refractivity contribution in [2.24, 2.45) is 0 Å². The van der Waals surface area contributed by atoms with E-state index in [-0.39, 0.29) is 23.6 Å². The topological polar surface area (TPSA) is 149 Å². The van der Waals surface area contributed by atoms with Gasteiger partial charge in [-0.25, -0.2) is 19.2 Å². The number of hydrogen-bond donors (Lipinski definition) is 1. The molecule has 0 aliphatic carbocycles. The fraction of sp³-hybridized carbons (Fsp3) is 0.167. The van der Waals surface area contributed by atoms with Crippen LogP contribution < -0.4 is 11.4 Å². The maximum atomic E-state index is 13.2. The highest BCUT2D eigenvalue weighted by atomic mass is 127. The van der Waals surface area contributed by atoms with Gasteiger partial charge in [0.05, 0.1) is 20.3 Å². The van der Waals surface area contributed by atoms with Crippen molar-refractivity contribution in [2.45, 2.75) is 24.5 Å². The largest absolute Gasteiger partial charge is 0.459 e. The van der Waals surface area contributed by atoms with Crippen LogP contribution in [0.15, 0.2) is 102 Å². The van der Waals surface area contributed by atoms with E-state index in [1.165, 1.54) is 6.20 Å². The molecule has 0 bridgehead atoms. The van der Waals surface area contributed by atoms with Crippen LogP contribution in [-0.4, -0.2) is 52.4 Å². The summed E-state index contributed by atoms with van der Waals surface area (Å²) in [4.78, 5) is 55.9. The van der Waals surface area contributed by atoms with Crippen molar-refractivity contribution in [1.29, 1.82) is 0 Å². The molecule has 1 aliphatic rings. The third-order valence-electron chi connectivity index (χ3n) is 6.39. The van der Waals surface area contributed by atoms with Crippen LogP contribution in [0.5, 0.6) is 0 Å². The van der Waals surface area contributed by atoms with Gasteiger partial charge in [0.1, 0.15) is 18.5 Å². The summed E-state index contributed by atoms with van der Waals surface area (Å²) >= 11 is 1.90. The number of nitrogens with two attached hydrogens (primary N) is 1. The lowest BCUT2D eigenvalue weighted by Gasteiger charge is -2.25. The lowest BCUT2D eigenvalue weighted by atomic mass is 10.1. The summed E-state index contributed by atoms with van der Waals surface area (Å²) in [5.74, 6) is -2.12. The van der Waals surface area contributed by atoms with Gasteiger partial charge in [0.25, 0.3) is 0 Å². The maximum absolute atomic E-state index is 13.2. The van der Waals surface area contributed by atoms with Crippen molar-refractivity contribution in [2.75, 3.05) is 12.3 Å². The molecule has 214 valence electrons. The molecule has 2 heterocycles. The first-order chi connectivity index (χ1) is 20.3. The number of nitrogens with zero attached hydrogens (tertiary/aromatic N) is 2. The number of nitrogen functional groups attached to an aromatic ring is 1. The van der Waals surface area contributed by atoms with Gasteiger partial charge in [0, 0.05) is 6.20 Å². The Morgan fingerprint density at radius 2 is 1.26 bits per heavy atom. The molecule has 12 heteroatoms. The minimum atomic E-state index is -1.34.